The van der Waals surface area contributed by atoms with Gasteiger partial charge in [0.05, 0.1) is 6.42 Å². The molecule has 1 unspecified atom stereocenters. The summed E-state index contributed by atoms with van der Waals surface area (Å²) in [4.78, 5) is 3.16. The highest BCUT2D eigenvalue weighted by molar-refractivity contribution is 4.77. The minimum absolute atomic E-state index is 0.275. The lowest BCUT2D eigenvalue weighted by Gasteiger charge is -2.11. The van der Waals surface area contributed by atoms with E-state index in [9.17, 15) is 4.39 Å². The zero-order valence-corrected chi connectivity index (χ0v) is 6.72. The summed E-state index contributed by atoms with van der Waals surface area (Å²) < 4.78 is 13.2. The lowest BCUT2D eigenvalue weighted by atomic mass is 10.00. The molecule has 1 atom stereocenters. The van der Waals surface area contributed by atoms with Gasteiger partial charge in [0.15, 0.2) is 0 Å². The van der Waals surface area contributed by atoms with Crippen LogP contribution in [0, 0.1) is 12.5 Å². The number of hydrogen-bond acceptors (Lipinski definition) is 0. The Bertz CT molecular complexity index is 144. The van der Waals surface area contributed by atoms with Gasteiger partial charge in [0.2, 0.25) is 6.54 Å². The molecule has 0 aromatic rings. The maximum atomic E-state index is 13.2. The molecular weight excluding hydrogens is 141 g/mol. The second-order valence-electron chi connectivity index (χ2n) is 3.23. The van der Waals surface area contributed by atoms with E-state index >= 15 is 0 Å². The van der Waals surface area contributed by atoms with Gasteiger partial charge < -0.3 is 4.85 Å². The molecular formula is C9H14FN. The molecule has 1 nitrogen and oxygen atoms in total. The predicted molar refractivity (Wildman–Crippen MR) is 42.9 cm³/mol. The predicted octanol–water partition coefficient (Wildman–Crippen LogP) is 2.82. The zero-order chi connectivity index (χ0) is 8.10. The Kier molecular flexibility index (Phi) is 3.35. The van der Waals surface area contributed by atoms with Gasteiger partial charge in [-0.1, -0.05) is 12.8 Å². The maximum absolute atomic E-state index is 13.2. The van der Waals surface area contributed by atoms with Crippen LogP contribution in [0.4, 0.5) is 4.39 Å². The van der Waals surface area contributed by atoms with Crippen LogP contribution in [-0.2, 0) is 0 Å². The highest BCUT2D eigenvalue weighted by atomic mass is 19.1. The number of nitrogens with zero attached hydrogens (tertiary/aromatic N) is 1. The molecule has 0 heterocycles. The van der Waals surface area contributed by atoms with Crippen molar-refractivity contribution in [2.24, 2.45) is 5.92 Å². The molecule has 0 amide bonds. The Balaban J connectivity index is 2.18. The molecule has 62 valence electrons. The minimum atomic E-state index is -0.702. The SMILES string of the molecule is [C-]#[N+]CCC(F)C1CCCC1. The fraction of sp³-hybridized carbons (Fsp3) is 0.889. The molecule has 0 aromatic carbocycles. The van der Waals surface area contributed by atoms with Crippen molar-refractivity contribution < 1.29 is 4.39 Å². The standard InChI is InChI=1S/C9H14FN/c1-11-7-6-9(10)8-4-2-3-5-8/h8-9H,2-7H2. The van der Waals surface area contributed by atoms with Crippen LogP contribution in [0.25, 0.3) is 4.85 Å². The second-order valence-corrected chi connectivity index (χ2v) is 3.23. The molecule has 1 rings (SSSR count). The van der Waals surface area contributed by atoms with E-state index in [0.29, 0.717) is 13.0 Å². The van der Waals surface area contributed by atoms with Gasteiger partial charge >= 0.3 is 0 Å². The lowest BCUT2D eigenvalue weighted by Crippen LogP contribution is -2.13. The summed E-state index contributed by atoms with van der Waals surface area (Å²) in [6.07, 6.45) is 4.20. The molecule has 0 aromatic heterocycles. The summed E-state index contributed by atoms with van der Waals surface area (Å²) in [5, 5.41) is 0. The van der Waals surface area contributed by atoms with Crippen LogP contribution in [0.15, 0.2) is 0 Å². The lowest BCUT2D eigenvalue weighted by molar-refractivity contribution is 0.223. The molecule has 1 fully saturated rings. The third kappa shape index (κ3) is 2.49. The van der Waals surface area contributed by atoms with Crippen molar-refractivity contribution in [3.05, 3.63) is 11.4 Å². The van der Waals surface area contributed by atoms with Crippen LogP contribution in [0.3, 0.4) is 0 Å². The first-order valence-corrected chi connectivity index (χ1v) is 4.32. The fourth-order valence-electron chi connectivity index (χ4n) is 1.74. The van der Waals surface area contributed by atoms with E-state index in [-0.39, 0.29) is 5.92 Å². The molecule has 0 radical (unpaired) electrons. The van der Waals surface area contributed by atoms with E-state index in [1.54, 1.807) is 0 Å². The third-order valence-electron chi connectivity index (χ3n) is 2.43. The summed E-state index contributed by atoms with van der Waals surface area (Å²) >= 11 is 0. The van der Waals surface area contributed by atoms with Crippen molar-refractivity contribution in [2.75, 3.05) is 6.54 Å². The van der Waals surface area contributed by atoms with Gasteiger partial charge in [-0.15, -0.1) is 0 Å². The van der Waals surface area contributed by atoms with Crippen molar-refractivity contribution >= 4 is 0 Å². The Morgan fingerprint density at radius 3 is 2.64 bits per heavy atom. The van der Waals surface area contributed by atoms with E-state index in [1.165, 1.54) is 12.8 Å². The van der Waals surface area contributed by atoms with Crippen LogP contribution in [0.1, 0.15) is 32.1 Å². The van der Waals surface area contributed by atoms with Gasteiger partial charge in [-0.3, -0.25) is 0 Å². The summed E-state index contributed by atoms with van der Waals surface area (Å²) in [7, 11) is 0. The third-order valence-corrected chi connectivity index (χ3v) is 2.43. The van der Waals surface area contributed by atoms with Gasteiger partial charge in [0.1, 0.15) is 6.17 Å². The average molecular weight is 155 g/mol. The molecule has 0 N–H and O–H groups in total. The molecule has 0 aliphatic heterocycles. The van der Waals surface area contributed by atoms with Gasteiger partial charge in [0, 0.05) is 0 Å². The van der Waals surface area contributed by atoms with Crippen LogP contribution in [0.2, 0.25) is 0 Å². The monoisotopic (exact) mass is 155 g/mol. The molecule has 0 saturated heterocycles. The summed E-state index contributed by atoms with van der Waals surface area (Å²) in [5.41, 5.74) is 0. The second kappa shape index (κ2) is 4.33. The maximum Gasteiger partial charge on any atom is 0.217 e. The molecule has 1 saturated carbocycles. The Morgan fingerprint density at radius 2 is 2.09 bits per heavy atom. The average Bonchev–Trinajstić information content (AvgIpc) is 2.52. The molecule has 1 aliphatic carbocycles. The fourth-order valence-corrected chi connectivity index (χ4v) is 1.74. The highest BCUT2D eigenvalue weighted by Crippen LogP contribution is 2.30. The Labute approximate surface area is 67.4 Å². The van der Waals surface area contributed by atoms with Crippen LogP contribution in [0.5, 0.6) is 0 Å². The smallest absolute Gasteiger partial charge is 0.217 e. The first kappa shape index (κ1) is 8.52. The van der Waals surface area contributed by atoms with E-state index < -0.39 is 6.17 Å². The van der Waals surface area contributed by atoms with Crippen molar-refractivity contribution in [1.82, 2.24) is 0 Å². The van der Waals surface area contributed by atoms with E-state index in [0.717, 1.165) is 12.8 Å². The van der Waals surface area contributed by atoms with Crippen LogP contribution < -0.4 is 0 Å². The summed E-state index contributed by atoms with van der Waals surface area (Å²) in [6, 6.07) is 0. The number of hydrogen-bond donors (Lipinski definition) is 0. The number of rotatable bonds is 3. The molecule has 2 heteroatoms. The zero-order valence-electron chi connectivity index (χ0n) is 6.72. The molecule has 0 bridgehead atoms. The van der Waals surface area contributed by atoms with Gasteiger partial charge in [-0.05, 0) is 18.8 Å². The van der Waals surface area contributed by atoms with Gasteiger partial charge in [-0.25, -0.2) is 11.0 Å². The van der Waals surface area contributed by atoms with Crippen LogP contribution >= 0.6 is 0 Å². The van der Waals surface area contributed by atoms with Crippen molar-refractivity contribution in [2.45, 2.75) is 38.3 Å². The summed E-state index contributed by atoms with van der Waals surface area (Å²) in [6.45, 7) is 6.88. The first-order chi connectivity index (χ1) is 5.34. The van der Waals surface area contributed by atoms with E-state index in [1.807, 2.05) is 0 Å². The van der Waals surface area contributed by atoms with Crippen molar-refractivity contribution in [3.63, 3.8) is 0 Å². The van der Waals surface area contributed by atoms with Gasteiger partial charge in [0.25, 0.3) is 0 Å². The Hall–Kier alpha value is -0.580. The van der Waals surface area contributed by atoms with Crippen molar-refractivity contribution in [1.29, 1.82) is 0 Å². The topological polar surface area (TPSA) is 4.36 Å². The Morgan fingerprint density at radius 1 is 1.45 bits per heavy atom. The summed E-state index contributed by atoms with van der Waals surface area (Å²) in [5.74, 6) is 0.275. The highest BCUT2D eigenvalue weighted by Gasteiger charge is 2.24. The van der Waals surface area contributed by atoms with E-state index in [4.69, 9.17) is 6.57 Å². The van der Waals surface area contributed by atoms with Crippen LogP contribution in [-0.4, -0.2) is 12.7 Å². The molecule has 11 heavy (non-hydrogen) atoms. The largest absolute Gasteiger partial charge is 0.317 e. The molecule has 1 aliphatic rings. The number of alkyl halides is 1. The van der Waals surface area contributed by atoms with Crippen molar-refractivity contribution in [3.8, 4) is 0 Å². The molecule has 0 spiro atoms. The quantitative estimate of drug-likeness (QED) is 0.552. The van der Waals surface area contributed by atoms with E-state index in [2.05, 4.69) is 4.85 Å². The normalized spacial score (nSPS) is 21.5. The minimum Gasteiger partial charge on any atom is -0.317 e. The number of halogens is 1. The first-order valence-electron chi connectivity index (χ1n) is 4.32. The van der Waals surface area contributed by atoms with Gasteiger partial charge in [-0.2, -0.15) is 0 Å².